The number of Topliss-reactive ketones (excluding diaryl/α,β-unsaturated/α-hetero) is 1. The maximum Gasteiger partial charge on any atom is 0.303 e. The van der Waals surface area contributed by atoms with Gasteiger partial charge in [0.05, 0.1) is 5.76 Å². The number of alkyl halides is 1. The van der Waals surface area contributed by atoms with Gasteiger partial charge in [0, 0.05) is 30.6 Å². The monoisotopic (exact) mass is 358 g/mol. The van der Waals surface area contributed by atoms with Crippen molar-refractivity contribution in [2.75, 3.05) is 5.88 Å². The van der Waals surface area contributed by atoms with Crippen LogP contribution >= 0.6 is 11.6 Å². The van der Waals surface area contributed by atoms with Gasteiger partial charge in [-0.1, -0.05) is 25.7 Å². The number of aliphatic hydroxyl groups excluding tert-OH is 1. The Bertz CT molecular complexity index is 420. The van der Waals surface area contributed by atoms with Gasteiger partial charge >= 0.3 is 5.97 Å². The Labute approximate surface area is 150 Å². The summed E-state index contributed by atoms with van der Waals surface area (Å²) in [4.78, 5) is 22.5. The Balaban J connectivity index is 2.20. The number of unbranched alkanes of at least 4 members (excludes halogenated alkanes) is 6. The molecule has 1 rings (SSSR count). The minimum Gasteiger partial charge on any atom is -0.512 e. The summed E-state index contributed by atoms with van der Waals surface area (Å²) in [6.45, 7) is 0. The van der Waals surface area contributed by atoms with Crippen molar-refractivity contribution in [3.8, 4) is 0 Å². The highest BCUT2D eigenvalue weighted by molar-refractivity contribution is 6.17. The number of carbonyl (C=O) groups excluding carboxylic acids is 1. The van der Waals surface area contributed by atoms with Crippen molar-refractivity contribution in [3.63, 3.8) is 0 Å². The molecule has 0 spiro atoms. The maximum atomic E-state index is 12.1. The molecule has 1 aliphatic rings. The van der Waals surface area contributed by atoms with E-state index in [2.05, 4.69) is 0 Å². The average molecular weight is 359 g/mol. The molecule has 2 N–H and O–H groups in total. The van der Waals surface area contributed by atoms with E-state index in [-0.39, 0.29) is 24.0 Å². The Morgan fingerprint density at radius 2 is 1.79 bits per heavy atom. The number of aliphatic hydroxyl groups is 1. The van der Waals surface area contributed by atoms with Crippen molar-refractivity contribution in [1.29, 1.82) is 0 Å². The fourth-order valence-corrected chi connectivity index (χ4v) is 3.51. The Hall–Kier alpha value is -1.03. The molecule has 0 aromatic carbocycles. The van der Waals surface area contributed by atoms with Gasteiger partial charge in [0.25, 0.3) is 0 Å². The van der Waals surface area contributed by atoms with E-state index in [0.717, 1.165) is 57.8 Å². The molecule has 0 bridgehead atoms. The quantitative estimate of drug-likeness (QED) is 0.268. The highest BCUT2D eigenvalue weighted by atomic mass is 35.5. The average Bonchev–Trinajstić information content (AvgIpc) is 2.91. The van der Waals surface area contributed by atoms with E-state index >= 15 is 0 Å². The molecule has 2 atom stereocenters. The second-order valence-electron chi connectivity index (χ2n) is 6.81. The van der Waals surface area contributed by atoms with Crippen molar-refractivity contribution in [2.45, 2.75) is 77.0 Å². The molecule has 1 aliphatic carbocycles. The van der Waals surface area contributed by atoms with Gasteiger partial charge in [0.1, 0.15) is 5.78 Å². The first-order valence-electron chi connectivity index (χ1n) is 9.24. The summed E-state index contributed by atoms with van der Waals surface area (Å²) in [5.41, 5.74) is 0. The molecule has 0 radical (unpaired) electrons. The summed E-state index contributed by atoms with van der Waals surface area (Å²) < 4.78 is 0. The number of halogens is 1. The van der Waals surface area contributed by atoms with Crippen molar-refractivity contribution >= 4 is 23.4 Å². The summed E-state index contributed by atoms with van der Waals surface area (Å²) in [5, 5.41) is 18.7. The van der Waals surface area contributed by atoms with Gasteiger partial charge < -0.3 is 10.2 Å². The summed E-state index contributed by atoms with van der Waals surface area (Å²) >= 11 is 5.63. The second kappa shape index (κ2) is 12.3. The molecular weight excluding hydrogens is 328 g/mol. The molecule has 138 valence electrons. The lowest BCUT2D eigenvalue weighted by Gasteiger charge is -2.10. The third-order valence-corrected chi connectivity index (χ3v) is 5.04. The van der Waals surface area contributed by atoms with E-state index in [1.165, 1.54) is 0 Å². The molecule has 1 saturated carbocycles. The molecule has 0 heterocycles. The van der Waals surface area contributed by atoms with Crippen molar-refractivity contribution in [2.24, 2.45) is 11.8 Å². The van der Waals surface area contributed by atoms with E-state index < -0.39 is 5.97 Å². The van der Waals surface area contributed by atoms with Crippen LogP contribution in [0.5, 0.6) is 0 Å². The van der Waals surface area contributed by atoms with E-state index in [1.54, 1.807) is 0 Å². The lowest BCUT2D eigenvalue weighted by atomic mass is 9.96. The van der Waals surface area contributed by atoms with Crippen LogP contribution in [0.2, 0.25) is 0 Å². The molecular formula is C19H31ClO4. The van der Waals surface area contributed by atoms with Crippen LogP contribution < -0.4 is 0 Å². The van der Waals surface area contributed by atoms with Gasteiger partial charge in [-0.05, 0) is 44.6 Å². The van der Waals surface area contributed by atoms with Crippen LogP contribution in [-0.2, 0) is 9.59 Å². The third-order valence-electron chi connectivity index (χ3n) is 4.77. The topological polar surface area (TPSA) is 74.6 Å². The third kappa shape index (κ3) is 8.72. The highest BCUT2D eigenvalue weighted by Crippen LogP contribution is 2.35. The molecule has 1 fully saturated rings. The highest BCUT2D eigenvalue weighted by Gasteiger charge is 2.33. The first-order valence-corrected chi connectivity index (χ1v) is 9.77. The minimum atomic E-state index is -0.742. The SMILES string of the molecule is O=C(O)CCCCCC[C@H]1C[C@@H](C(O)=CCCCCCCl)CC1=O. The van der Waals surface area contributed by atoms with Crippen LogP contribution in [0.4, 0.5) is 0 Å². The van der Waals surface area contributed by atoms with E-state index in [0.29, 0.717) is 24.5 Å². The Kier molecular flexibility index (Phi) is 10.8. The number of carboxylic acid groups (broad SMARTS) is 1. The molecule has 24 heavy (non-hydrogen) atoms. The van der Waals surface area contributed by atoms with Crippen molar-refractivity contribution in [3.05, 3.63) is 11.8 Å². The number of allylic oxidation sites excluding steroid dienone is 2. The number of hydrogen-bond donors (Lipinski definition) is 2. The first-order chi connectivity index (χ1) is 11.5. The summed E-state index contributed by atoms with van der Waals surface area (Å²) in [6.07, 6.45) is 11.7. The molecule has 0 saturated heterocycles. The normalized spacial score (nSPS) is 21.4. The maximum absolute atomic E-state index is 12.1. The number of aliphatic carboxylic acids is 1. The summed E-state index contributed by atoms with van der Waals surface area (Å²) in [6, 6.07) is 0. The number of carboxylic acids is 1. The molecule has 0 aliphatic heterocycles. The van der Waals surface area contributed by atoms with E-state index in [1.807, 2.05) is 6.08 Å². The van der Waals surface area contributed by atoms with Crippen LogP contribution in [0.25, 0.3) is 0 Å². The minimum absolute atomic E-state index is 0.00235. The van der Waals surface area contributed by atoms with Gasteiger partial charge in [-0.25, -0.2) is 0 Å². The largest absolute Gasteiger partial charge is 0.512 e. The number of rotatable bonds is 13. The predicted octanol–water partition coefficient (Wildman–Crippen LogP) is 5.25. The Morgan fingerprint density at radius 3 is 2.50 bits per heavy atom. The standard InChI is InChI=1S/C19H31ClO4/c20-12-8-4-3-6-10-17(21)16-13-15(18(22)14-16)9-5-1-2-7-11-19(23)24/h10,15-16,21H,1-9,11-14H2,(H,23,24)/t15-,16+/m0/s1. The summed E-state index contributed by atoms with van der Waals surface area (Å²) in [7, 11) is 0. The van der Waals surface area contributed by atoms with E-state index in [4.69, 9.17) is 16.7 Å². The van der Waals surface area contributed by atoms with Gasteiger partial charge in [-0.15, -0.1) is 11.6 Å². The molecule has 5 heteroatoms. The number of ketones is 1. The fraction of sp³-hybridized carbons (Fsp3) is 0.789. The first kappa shape index (κ1) is 21.0. The van der Waals surface area contributed by atoms with Crippen LogP contribution in [-0.4, -0.2) is 27.8 Å². The van der Waals surface area contributed by atoms with Gasteiger partial charge in [-0.3, -0.25) is 9.59 Å². The lowest BCUT2D eigenvalue weighted by Crippen LogP contribution is -2.05. The van der Waals surface area contributed by atoms with Crippen LogP contribution in [0.3, 0.4) is 0 Å². The van der Waals surface area contributed by atoms with Gasteiger partial charge in [-0.2, -0.15) is 0 Å². The van der Waals surface area contributed by atoms with Crippen molar-refractivity contribution < 1.29 is 19.8 Å². The summed E-state index contributed by atoms with van der Waals surface area (Å²) in [5.74, 6) is 0.675. The Morgan fingerprint density at radius 1 is 1.08 bits per heavy atom. The van der Waals surface area contributed by atoms with E-state index in [9.17, 15) is 14.7 Å². The number of hydrogen-bond acceptors (Lipinski definition) is 3. The fourth-order valence-electron chi connectivity index (χ4n) is 3.32. The molecule has 0 aromatic rings. The van der Waals surface area contributed by atoms with Crippen LogP contribution in [0.1, 0.15) is 77.0 Å². The lowest BCUT2D eigenvalue weighted by molar-refractivity contribution is -0.137. The van der Waals surface area contributed by atoms with Crippen LogP contribution in [0, 0.1) is 11.8 Å². The molecule has 0 unspecified atom stereocenters. The van der Waals surface area contributed by atoms with Crippen LogP contribution in [0.15, 0.2) is 11.8 Å². The zero-order valence-corrected chi connectivity index (χ0v) is 15.3. The number of carbonyl (C=O) groups is 2. The van der Waals surface area contributed by atoms with Crippen molar-refractivity contribution in [1.82, 2.24) is 0 Å². The zero-order chi connectivity index (χ0) is 17.8. The molecule has 0 aromatic heterocycles. The molecule has 4 nitrogen and oxygen atoms in total. The second-order valence-corrected chi connectivity index (χ2v) is 7.19. The molecule has 0 amide bonds. The van der Waals surface area contributed by atoms with Gasteiger partial charge in [0.15, 0.2) is 0 Å². The van der Waals surface area contributed by atoms with Gasteiger partial charge in [0.2, 0.25) is 0 Å². The zero-order valence-electron chi connectivity index (χ0n) is 14.5. The smallest absolute Gasteiger partial charge is 0.303 e. The predicted molar refractivity (Wildman–Crippen MR) is 96.5 cm³/mol.